The van der Waals surface area contributed by atoms with E-state index in [2.05, 4.69) is 10.3 Å². The second-order valence-corrected chi connectivity index (χ2v) is 6.68. The molecular formula is C18H20F3N3O. The summed E-state index contributed by atoms with van der Waals surface area (Å²) in [7, 11) is 3.89. The molecule has 1 amide bonds. The highest BCUT2D eigenvalue weighted by atomic mass is 19.4. The van der Waals surface area contributed by atoms with Gasteiger partial charge in [-0.15, -0.1) is 0 Å². The molecule has 1 aliphatic carbocycles. The summed E-state index contributed by atoms with van der Waals surface area (Å²) in [4.78, 5) is 17.3. The van der Waals surface area contributed by atoms with Crippen LogP contribution in [0.5, 0.6) is 0 Å². The van der Waals surface area contributed by atoms with Crippen LogP contribution in [0.2, 0.25) is 0 Å². The molecule has 4 nitrogen and oxygen atoms in total. The van der Waals surface area contributed by atoms with Crippen molar-refractivity contribution < 1.29 is 18.0 Å². The number of alkyl halides is 3. The summed E-state index contributed by atoms with van der Waals surface area (Å²) in [6, 6.07) is 8.73. The molecule has 7 heteroatoms. The summed E-state index contributed by atoms with van der Waals surface area (Å²) in [5.74, 6) is -0.119. The predicted molar refractivity (Wildman–Crippen MR) is 88.2 cm³/mol. The van der Waals surface area contributed by atoms with Crippen molar-refractivity contribution in [3.8, 4) is 0 Å². The van der Waals surface area contributed by atoms with Crippen molar-refractivity contribution in [2.45, 2.75) is 31.1 Å². The van der Waals surface area contributed by atoms with E-state index in [9.17, 15) is 18.0 Å². The number of aromatic amines is 1. The van der Waals surface area contributed by atoms with Crippen LogP contribution in [0.15, 0.2) is 36.4 Å². The highest BCUT2D eigenvalue weighted by Crippen LogP contribution is 2.41. The molecular weight excluding hydrogens is 331 g/mol. The van der Waals surface area contributed by atoms with Crippen LogP contribution in [-0.2, 0) is 12.7 Å². The van der Waals surface area contributed by atoms with E-state index in [0.717, 1.165) is 29.8 Å². The van der Waals surface area contributed by atoms with Gasteiger partial charge in [-0.2, -0.15) is 13.2 Å². The van der Waals surface area contributed by atoms with Gasteiger partial charge in [-0.05, 0) is 50.3 Å². The third kappa shape index (κ3) is 4.22. The van der Waals surface area contributed by atoms with Gasteiger partial charge in [-0.1, -0.05) is 12.1 Å². The smallest absolute Gasteiger partial charge is 0.353 e. The third-order valence-electron chi connectivity index (χ3n) is 4.25. The van der Waals surface area contributed by atoms with Gasteiger partial charge in [0, 0.05) is 24.2 Å². The van der Waals surface area contributed by atoms with Gasteiger partial charge < -0.3 is 15.2 Å². The zero-order valence-electron chi connectivity index (χ0n) is 14.0. The Bertz CT molecular complexity index is 750. The minimum atomic E-state index is -4.33. The Morgan fingerprint density at radius 2 is 1.88 bits per heavy atom. The van der Waals surface area contributed by atoms with E-state index in [1.54, 1.807) is 6.07 Å². The molecule has 1 heterocycles. The Morgan fingerprint density at radius 3 is 2.48 bits per heavy atom. The molecule has 134 valence electrons. The number of rotatable bonds is 5. The summed E-state index contributed by atoms with van der Waals surface area (Å²) < 4.78 is 37.8. The van der Waals surface area contributed by atoms with Crippen LogP contribution in [0.4, 0.5) is 13.2 Å². The first-order valence-electron chi connectivity index (χ1n) is 8.04. The number of nitrogens with one attached hydrogen (secondary N) is 2. The van der Waals surface area contributed by atoms with E-state index in [1.807, 2.05) is 25.1 Å². The lowest BCUT2D eigenvalue weighted by molar-refractivity contribution is -0.137. The molecule has 1 aromatic heterocycles. The number of nitrogens with zero attached hydrogens (tertiary/aromatic N) is 1. The second-order valence-electron chi connectivity index (χ2n) is 6.68. The molecule has 3 rings (SSSR count). The lowest BCUT2D eigenvalue weighted by atomic mass is 10.1. The molecule has 1 aromatic carbocycles. The lowest BCUT2D eigenvalue weighted by Gasteiger charge is -2.08. The van der Waals surface area contributed by atoms with Gasteiger partial charge in [0.25, 0.3) is 5.91 Å². The molecule has 1 aliphatic rings. The van der Waals surface area contributed by atoms with Crippen LogP contribution in [0.3, 0.4) is 0 Å². The Kier molecular flexibility index (Phi) is 4.60. The van der Waals surface area contributed by atoms with Crippen molar-refractivity contribution in [1.82, 2.24) is 15.2 Å². The number of hydrogen-bond acceptors (Lipinski definition) is 2. The van der Waals surface area contributed by atoms with Crippen LogP contribution >= 0.6 is 0 Å². The Labute approximate surface area is 144 Å². The number of H-pyrrole nitrogens is 1. The third-order valence-corrected chi connectivity index (χ3v) is 4.25. The normalized spacial score (nSPS) is 19.9. The Balaban J connectivity index is 1.57. The molecule has 0 spiro atoms. The van der Waals surface area contributed by atoms with E-state index < -0.39 is 11.7 Å². The number of carbonyl (C=O) groups excluding carboxylic acids is 1. The fourth-order valence-electron chi connectivity index (χ4n) is 2.89. The van der Waals surface area contributed by atoms with E-state index in [-0.39, 0.29) is 17.9 Å². The maximum atomic E-state index is 12.6. The SMILES string of the molecule is CN(C)Cc1ccc(C(=O)N[C@@H]2C[C@H]2c2ccc(C(F)(F)F)cc2)[nH]1. The minimum absolute atomic E-state index is 0.0372. The first kappa shape index (κ1) is 17.5. The van der Waals surface area contributed by atoms with Gasteiger partial charge in [0.2, 0.25) is 0 Å². The molecule has 2 N–H and O–H groups in total. The van der Waals surface area contributed by atoms with Crippen LogP contribution < -0.4 is 5.32 Å². The first-order valence-corrected chi connectivity index (χ1v) is 8.04. The first-order chi connectivity index (χ1) is 11.7. The van der Waals surface area contributed by atoms with E-state index in [1.165, 1.54) is 12.1 Å². The predicted octanol–water partition coefficient (Wildman–Crippen LogP) is 3.38. The quantitative estimate of drug-likeness (QED) is 0.868. The Hall–Kier alpha value is -2.28. The summed E-state index contributed by atoms with van der Waals surface area (Å²) in [6.07, 6.45) is -3.59. The van der Waals surface area contributed by atoms with E-state index in [0.29, 0.717) is 12.2 Å². The molecule has 1 saturated carbocycles. The molecule has 0 radical (unpaired) electrons. The van der Waals surface area contributed by atoms with Crippen LogP contribution in [-0.4, -0.2) is 35.9 Å². The summed E-state index contributed by atoms with van der Waals surface area (Å²) in [5.41, 5.74) is 1.61. The van der Waals surface area contributed by atoms with E-state index >= 15 is 0 Å². The molecule has 0 saturated heterocycles. The topological polar surface area (TPSA) is 48.1 Å². The zero-order chi connectivity index (χ0) is 18.2. The number of halogens is 3. The van der Waals surface area contributed by atoms with Gasteiger partial charge in [-0.25, -0.2) is 0 Å². The van der Waals surface area contributed by atoms with Gasteiger partial charge >= 0.3 is 6.18 Å². The maximum Gasteiger partial charge on any atom is 0.416 e. The van der Waals surface area contributed by atoms with Crippen LogP contribution in [0, 0.1) is 0 Å². The van der Waals surface area contributed by atoms with Crippen molar-refractivity contribution in [3.05, 3.63) is 58.9 Å². The average molecular weight is 351 g/mol. The number of aromatic nitrogens is 1. The van der Waals surface area contributed by atoms with Crippen molar-refractivity contribution in [2.24, 2.45) is 0 Å². The molecule has 2 aromatic rings. The summed E-state index contributed by atoms with van der Waals surface area (Å²) in [5, 5.41) is 2.92. The molecule has 0 bridgehead atoms. The number of benzene rings is 1. The highest BCUT2D eigenvalue weighted by Gasteiger charge is 2.40. The number of carbonyl (C=O) groups is 1. The molecule has 1 fully saturated rings. The average Bonchev–Trinajstić information content (AvgIpc) is 3.13. The van der Waals surface area contributed by atoms with Crippen molar-refractivity contribution in [3.63, 3.8) is 0 Å². The summed E-state index contributed by atoms with van der Waals surface area (Å²) in [6.45, 7) is 0.713. The molecule has 0 aliphatic heterocycles. The van der Waals surface area contributed by atoms with Gasteiger partial charge in [0.05, 0.1) is 5.56 Å². The second kappa shape index (κ2) is 6.55. The van der Waals surface area contributed by atoms with Crippen molar-refractivity contribution in [1.29, 1.82) is 0 Å². The number of hydrogen-bond donors (Lipinski definition) is 2. The fraction of sp³-hybridized carbons (Fsp3) is 0.389. The van der Waals surface area contributed by atoms with Gasteiger partial charge in [-0.3, -0.25) is 4.79 Å². The molecule has 0 unspecified atom stereocenters. The van der Waals surface area contributed by atoms with Gasteiger partial charge in [0.15, 0.2) is 0 Å². The standard InChI is InChI=1S/C18H20F3N3O/c1-24(2)10-13-7-8-15(22-13)17(25)23-16-9-14(16)11-3-5-12(6-4-11)18(19,20)21/h3-8,14,16,22H,9-10H2,1-2H3,(H,23,25)/t14-,16+/m0/s1. The van der Waals surface area contributed by atoms with Crippen LogP contribution in [0.1, 0.15) is 39.6 Å². The van der Waals surface area contributed by atoms with E-state index in [4.69, 9.17) is 0 Å². The highest BCUT2D eigenvalue weighted by molar-refractivity contribution is 5.93. The lowest BCUT2D eigenvalue weighted by Crippen LogP contribution is -2.27. The molecule has 2 atom stereocenters. The fourth-order valence-corrected chi connectivity index (χ4v) is 2.89. The minimum Gasteiger partial charge on any atom is -0.353 e. The summed E-state index contributed by atoms with van der Waals surface area (Å²) >= 11 is 0. The monoisotopic (exact) mass is 351 g/mol. The largest absolute Gasteiger partial charge is 0.416 e. The molecule has 25 heavy (non-hydrogen) atoms. The maximum absolute atomic E-state index is 12.6. The zero-order valence-corrected chi connectivity index (χ0v) is 14.0. The van der Waals surface area contributed by atoms with Crippen molar-refractivity contribution in [2.75, 3.05) is 14.1 Å². The Morgan fingerprint density at radius 1 is 1.20 bits per heavy atom. The number of amides is 1. The van der Waals surface area contributed by atoms with Crippen molar-refractivity contribution >= 4 is 5.91 Å². The van der Waals surface area contributed by atoms with Gasteiger partial charge in [0.1, 0.15) is 5.69 Å². The van der Waals surface area contributed by atoms with Crippen LogP contribution in [0.25, 0.3) is 0 Å².